The minimum absolute atomic E-state index is 0.0419. The molecule has 0 saturated heterocycles. The minimum atomic E-state index is -2.07. The molecule has 0 heterocycles. The van der Waals surface area contributed by atoms with Gasteiger partial charge in [0, 0.05) is 5.69 Å². The van der Waals surface area contributed by atoms with Crippen LogP contribution in [-0.2, 0) is 16.6 Å². The summed E-state index contributed by atoms with van der Waals surface area (Å²) >= 11 is 0. The van der Waals surface area contributed by atoms with E-state index in [1.807, 2.05) is 0 Å². The summed E-state index contributed by atoms with van der Waals surface area (Å²) in [7, 11) is -2.07. The maximum Gasteiger partial charge on any atom is 0.144 e. The number of nitrogens with zero attached hydrogens (tertiary/aromatic N) is 1. The molecule has 21 heavy (non-hydrogen) atoms. The number of hydrogen-bond acceptors (Lipinski definition) is 3. The standard InChI is InChI=1S/C14H9F3N2OS/c15-10-2-8(6-18)1-9(3-10)7-21(20)14-12(16)4-11(19)5-13(14)17/h1-5H,7,19H2. The molecule has 3 nitrogen and oxygen atoms in total. The van der Waals surface area contributed by atoms with Crippen LogP contribution in [0.2, 0.25) is 0 Å². The molecule has 108 valence electrons. The first kappa shape index (κ1) is 15.1. The number of benzene rings is 2. The molecule has 0 aliphatic rings. The number of halogens is 3. The van der Waals surface area contributed by atoms with Gasteiger partial charge in [0.1, 0.15) is 22.3 Å². The van der Waals surface area contributed by atoms with Gasteiger partial charge >= 0.3 is 0 Å². The predicted octanol–water partition coefficient (Wildman–Crippen LogP) is 2.87. The predicted molar refractivity (Wildman–Crippen MR) is 72.0 cm³/mol. The van der Waals surface area contributed by atoms with E-state index in [9.17, 15) is 17.4 Å². The van der Waals surface area contributed by atoms with Gasteiger partial charge in [-0.05, 0) is 35.9 Å². The topological polar surface area (TPSA) is 66.9 Å². The Morgan fingerprint density at radius 3 is 2.29 bits per heavy atom. The van der Waals surface area contributed by atoms with Crippen LogP contribution in [0.4, 0.5) is 18.9 Å². The lowest BCUT2D eigenvalue weighted by Crippen LogP contribution is -2.04. The van der Waals surface area contributed by atoms with Crippen molar-refractivity contribution in [3.8, 4) is 6.07 Å². The van der Waals surface area contributed by atoms with Crippen molar-refractivity contribution in [1.82, 2.24) is 0 Å². The van der Waals surface area contributed by atoms with E-state index in [0.29, 0.717) is 0 Å². The second-order valence-electron chi connectivity index (χ2n) is 4.26. The summed E-state index contributed by atoms with van der Waals surface area (Å²) in [5, 5.41) is 8.73. The molecule has 0 saturated carbocycles. The van der Waals surface area contributed by atoms with Crippen LogP contribution in [0, 0.1) is 28.8 Å². The summed E-state index contributed by atoms with van der Waals surface area (Å²) in [5.74, 6) is -3.05. The fourth-order valence-corrected chi connectivity index (χ4v) is 2.99. The summed E-state index contributed by atoms with van der Waals surface area (Å²) in [4.78, 5) is -0.619. The van der Waals surface area contributed by atoms with Crippen molar-refractivity contribution in [3.63, 3.8) is 0 Å². The molecule has 0 aliphatic heterocycles. The highest BCUT2D eigenvalue weighted by atomic mass is 32.2. The average molecular weight is 310 g/mol. The molecule has 2 N–H and O–H groups in total. The van der Waals surface area contributed by atoms with Crippen LogP contribution in [0.3, 0.4) is 0 Å². The van der Waals surface area contributed by atoms with Gasteiger partial charge in [-0.3, -0.25) is 4.21 Å². The number of hydrogen-bond donors (Lipinski definition) is 1. The smallest absolute Gasteiger partial charge is 0.144 e. The molecule has 0 radical (unpaired) electrons. The minimum Gasteiger partial charge on any atom is -0.399 e. The van der Waals surface area contributed by atoms with E-state index in [4.69, 9.17) is 11.0 Å². The highest BCUT2D eigenvalue weighted by Gasteiger charge is 2.18. The molecule has 7 heteroatoms. The molecular weight excluding hydrogens is 301 g/mol. The van der Waals surface area contributed by atoms with Gasteiger partial charge in [0.15, 0.2) is 0 Å². The van der Waals surface area contributed by atoms with Crippen molar-refractivity contribution in [1.29, 1.82) is 5.26 Å². The Morgan fingerprint density at radius 2 is 1.71 bits per heavy atom. The van der Waals surface area contributed by atoms with Gasteiger partial charge in [0.2, 0.25) is 0 Å². The van der Waals surface area contributed by atoms with Crippen molar-refractivity contribution in [2.24, 2.45) is 0 Å². The van der Waals surface area contributed by atoms with Gasteiger partial charge in [0.25, 0.3) is 0 Å². The first-order chi connectivity index (χ1) is 9.90. The second kappa shape index (κ2) is 5.97. The molecule has 0 aliphatic carbocycles. The lowest BCUT2D eigenvalue weighted by molar-refractivity contribution is 0.535. The van der Waals surface area contributed by atoms with Crippen LogP contribution in [0.15, 0.2) is 35.2 Å². The number of anilines is 1. The van der Waals surface area contributed by atoms with Crippen molar-refractivity contribution >= 4 is 16.5 Å². The van der Waals surface area contributed by atoms with Gasteiger partial charge in [-0.25, -0.2) is 13.2 Å². The Hall–Kier alpha value is -2.33. The van der Waals surface area contributed by atoms with Crippen LogP contribution < -0.4 is 5.73 Å². The molecule has 1 unspecified atom stereocenters. The van der Waals surface area contributed by atoms with Gasteiger partial charge in [-0.1, -0.05) is 0 Å². The van der Waals surface area contributed by atoms with Crippen LogP contribution in [0.1, 0.15) is 11.1 Å². The Kier molecular flexibility index (Phi) is 4.29. The van der Waals surface area contributed by atoms with E-state index in [-0.39, 0.29) is 22.6 Å². The van der Waals surface area contributed by atoms with Crippen molar-refractivity contribution in [2.45, 2.75) is 10.6 Å². The average Bonchev–Trinajstić information content (AvgIpc) is 2.36. The molecule has 2 aromatic carbocycles. The number of nitrogens with two attached hydrogens (primary N) is 1. The first-order valence-electron chi connectivity index (χ1n) is 5.73. The fraction of sp³-hybridized carbons (Fsp3) is 0.0714. The second-order valence-corrected chi connectivity index (χ2v) is 5.65. The molecular formula is C14H9F3N2OS. The lowest BCUT2D eigenvalue weighted by Gasteiger charge is -2.07. The fourth-order valence-electron chi connectivity index (χ4n) is 1.82. The summed E-state index contributed by atoms with van der Waals surface area (Å²) in [6.45, 7) is 0. The van der Waals surface area contributed by atoms with Gasteiger partial charge < -0.3 is 5.73 Å². The van der Waals surface area contributed by atoms with E-state index >= 15 is 0 Å². The maximum atomic E-state index is 13.6. The van der Waals surface area contributed by atoms with Crippen LogP contribution in [0.25, 0.3) is 0 Å². The van der Waals surface area contributed by atoms with Crippen LogP contribution >= 0.6 is 0 Å². The molecule has 0 fully saturated rings. The number of rotatable bonds is 3. The van der Waals surface area contributed by atoms with Crippen LogP contribution in [-0.4, -0.2) is 4.21 Å². The highest BCUT2D eigenvalue weighted by Crippen LogP contribution is 2.23. The van der Waals surface area contributed by atoms with Gasteiger partial charge in [-0.15, -0.1) is 0 Å². The van der Waals surface area contributed by atoms with Gasteiger partial charge in [-0.2, -0.15) is 5.26 Å². The Balaban J connectivity index is 2.35. The van der Waals surface area contributed by atoms with E-state index in [2.05, 4.69) is 0 Å². The number of nitrogen functional groups attached to an aromatic ring is 1. The van der Waals surface area contributed by atoms with E-state index in [1.54, 1.807) is 6.07 Å². The van der Waals surface area contributed by atoms with E-state index in [0.717, 1.165) is 24.3 Å². The Morgan fingerprint density at radius 1 is 1.10 bits per heavy atom. The third kappa shape index (κ3) is 3.41. The normalized spacial score (nSPS) is 11.9. The molecule has 0 aromatic heterocycles. The van der Waals surface area contributed by atoms with Crippen molar-refractivity contribution in [2.75, 3.05) is 5.73 Å². The zero-order valence-electron chi connectivity index (χ0n) is 10.6. The molecule has 0 bridgehead atoms. The molecule has 1 atom stereocenters. The summed E-state index contributed by atoms with van der Waals surface area (Å²) < 4.78 is 52.6. The molecule has 0 spiro atoms. The van der Waals surface area contributed by atoms with Crippen molar-refractivity contribution < 1.29 is 17.4 Å². The SMILES string of the molecule is N#Cc1cc(F)cc(CS(=O)c2c(F)cc(N)cc2F)c1. The zero-order valence-corrected chi connectivity index (χ0v) is 11.4. The van der Waals surface area contributed by atoms with Crippen LogP contribution in [0.5, 0.6) is 0 Å². The maximum absolute atomic E-state index is 13.6. The lowest BCUT2D eigenvalue weighted by atomic mass is 10.1. The zero-order chi connectivity index (χ0) is 15.6. The highest BCUT2D eigenvalue weighted by molar-refractivity contribution is 7.84. The van der Waals surface area contributed by atoms with Gasteiger partial charge in [0.05, 0.1) is 28.2 Å². The van der Waals surface area contributed by atoms with E-state index in [1.165, 1.54) is 6.07 Å². The quantitative estimate of drug-likeness (QED) is 0.886. The molecule has 0 amide bonds. The van der Waals surface area contributed by atoms with Crippen molar-refractivity contribution in [3.05, 3.63) is 58.9 Å². The Bertz CT molecular complexity index is 748. The third-order valence-corrected chi connectivity index (χ3v) is 4.07. The Labute approximate surface area is 121 Å². The number of nitriles is 1. The summed E-state index contributed by atoms with van der Waals surface area (Å²) in [6, 6.07) is 6.86. The molecule has 2 rings (SSSR count). The summed E-state index contributed by atoms with van der Waals surface area (Å²) in [5.41, 5.74) is 5.40. The largest absolute Gasteiger partial charge is 0.399 e. The van der Waals surface area contributed by atoms with E-state index < -0.39 is 33.1 Å². The first-order valence-corrected chi connectivity index (χ1v) is 7.05. The third-order valence-electron chi connectivity index (χ3n) is 2.63. The molecule has 2 aromatic rings. The monoisotopic (exact) mass is 310 g/mol. The summed E-state index contributed by atoms with van der Waals surface area (Å²) in [6.07, 6.45) is 0.